The van der Waals surface area contributed by atoms with Gasteiger partial charge in [0.1, 0.15) is 17.4 Å². The van der Waals surface area contributed by atoms with Crippen LogP contribution in [0.15, 0.2) is 29.6 Å². The Balaban J connectivity index is 2.26. The molecule has 0 bridgehead atoms. The highest BCUT2D eigenvalue weighted by Crippen LogP contribution is 2.33. The Morgan fingerprint density at radius 1 is 1.32 bits per heavy atom. The van der Waals surface area contributed by atoms with Crippen molar-refractivity contribution in [2.24, 2.45) is 0 Å². The quantitative estimate of drug-likeness (QED) is 0.906. The Morgan fingerprint density at radius 3 is 2.79 bits per heavy atom. The van der Waals surface area contributed by atoms with Crippen molar-refractivity contribution < 1.29 is 13.5 Å². The van der Waals surface area contributed by atoms with Crippen LogP contribution < -0.4 is 10.1 Å². The van der Waals surface area contributed by atoms with E-state index in [4.69, 9.17) is 4.74 Å². The third-order valence-electron chi connectivity index (χ3n) is 2.97. The lowest BCUT2D eigenvalue weighted by molar-refractivity contribution is 0.404. The molecule has 0 aliphatic carbocycles. The zero-order chi connectivity index (χ0) is 13.8. The van der Waals surface area contributed by atoms with Crippen LogP contribution in [-0.2, 0) is 6.42 Å². The first kappa shape index (κ1) is 14.0. The Bertz CT molecular complexity index is 556. The van der Waals surface area contributed by atoms with Crippen LogP contribution in [0, 0.1) is 11.6 Å². The lowest BCUT2D eigenvalue weighted by atomic mass is 10.0. The SMILES string of the molecule is CNC(Cc1cc(F)ccc1F)c1sccc1OC. The third kappa shape index (κ3) is 3.11. The van der Waals surface area contributed by atoms with Gasteiger partial charge in [0.15, 0.2) is 0 Å². The van der Waals surface area contributed by atoms with Gasteiger partial charge in [-0.3, -0.25) is 0 Å². The summed E-state index contributed by atoms with van der Waals surface area (Å²) in [5, 5.41) is 5.03. The van der Waals surface area contributed by atoms with Crippen molar-refractivity contribution in [1.82, 2.24) is 5.32 Å². The summed E-state index contributed by atoms with van der Waals surface area (Å²) < 4.78 is 32.1. The number of halogens is 2. The number of hydrogen-bond donors (Lipinski definition) is 1. The second-order valence-corrected chi connectivity index (χ2v) is 5.08. The molecule has 0 spiro atoms. The molecular weight excluding hydrogens is 268 g/mol. The molecule has 2 nitrogen and oxygen atoms in total. The molecule has 0 amide bonds. The van der Waals surface area contributed by atoms with Crippen molar-refractivity contribution in [2.75, 3.05) is 14.2 Å². The van der Waals surface area contributed by atoms with Crippen LogP contribution in [0.25, 0.3) is 0 Å². The van der Waals surface area contributed by atoms with E-state index in [1.165, 1.54) is 17.4 Å². The Morgan fingerprint density at radius 2 is 2.11 bits per heavy atom. The van der Waals surface area contributed by atoms with E-state index in [1.807, 2.05) is 11.4 Å². The molecule has 1 atom stereocenters. The largest absolute Gasteiger partial charge is 0.496 e. The minimum atomic E-state index is -0.426. The minimum absolute atomic E-state index is 0.105. The fourth-order valence-electron chi connectivity index (χ4n) is 1.98. The molecule has 1 heterocycles. The average molecular weight is 283 g/mol. The predicted molar refractivity (Wildman–Crippen MR) is 72.7 cm³/mol. The van der Waals surface area contributed by atoms with E-state index < -0.39 is 11.6 Å². The lowest BCUT2D eigenvalue weighted by Crippen LogP contribution is -2.19. The summed E-state index contributed by atoms with van der Waals surface area (Å²) in [6.07, 6.45) is 0.372. The summed E-state index contributed by atoms with van der Waals surface area (Å²) in [4.78, 5) is 0.980. The van der Waals surface area contributed by atoms with E-state index in [2.05, 4.69) is 5.32 Å². The number of thiophene rings is 1. The van der Waals surface area contributed by atoms with Crippen LogP contribution in [0.5, 0.6) is 5.75 Å². The van der Waals surface area contributed by atoms with Crippen molar-refractivity contribution in [3.8, 4) is 5.75 Å². The van der Waals surface area contributed by atoms with Gasteiger partial charge in [0.05, 0.1) is 12.0 Å². The summed E-state index contributed by atoms with van der Waals surface area (Å²) >= 11 is 1.53. The summed E-state index contributed by atoms with van der Waals surface area (Å²) in [6, 6.07) is 5.28. The van der Waals surface area contributed by atoms with Crippen molar-refractivity contribution in [3.05, 3.63) is 51.7 Å². The van der Waals surface area contributed by atoms with Crippen LogP contribution in [-0.4, -0.2) is 14.2 Å². The minimum Gasteiger partial charge on any atom is -0.496 e. The lowest BCUT2D eigenvalue weighted by Gasteiger charge is -2.16. The molecule has 1 aromatic carbocycles. The first-order valence-corrected chi connectivity index (χ1v) is 6.76. The number of rotatable bonds is 5. The molecule has 1 aromatic heterocycles. The number of hydrogen-bond acceptors (Lipinski definition) is 3. The van der Waals surface area contributed by atoms with E-state index >= 15 is 0 Å². The van der Waals surface area contributed by atoms with Crippen LogP contribution in [0.4, 0.5) is 8.78 Å². The summed E-state index contributed by atoms with van der Waals surface area (Å²) in [6.45, 7) is 0. The highest BCUT2D eigenvalue weighted by Gasteiger charge is 2.18. The van der Waals surface area contributed by atoms with E-state index in [0.717, 1.165) is 22.8 Å². The zero-order valence-electron chi connectivity index (χ0n) is 10.7. The summed E-state index contributed by atoms with van der Waals surface area (Å²) in [7, 11) is 3.39. The summed E-state index contributed by atoms with van der Waals surface area (Å²) in [5.41, 5.74) is 0.356. The van der Waals surface area contributed by atoms with Gasteiger partial charge in [0, 0.05) is 6.04 Å². The molecule has 2 aromatic rings. The van der Waals surface area contributed by atoms with Crippen LogP contribution >= 0.6 is 11.3 Å². The molecule has 102 valence electrons. The van der Waals surface area contributed by atoms with Crippen LogP contribution in [0.1, 0.15) is 16.5 Å². The number of ether oxygens (including phenoxy) is 1. The van der Waals surface area contributed by atoms with Crippen molar-refractivity contribution in [1.29, 1.82) is 0 Å². The van der Waals surface area contributed by atoms with Crippen LogP contribution in [0.3, 0.4) is 0 Å². The Kier molecular flexibility index (Phi) is 4.50. The molecule has 2 rings (SSSR count). The number of methoxy groups -OCH3 is 1. The monoisotopic (exact) mass is 283 g/mol. The van der Waals surface area contributed by atoms with Gasteiger partial charge < -0.3 is 10.1 Å². The van der Waals surface area contributed by atoms with Gasteiger partial charge in [-0.05, 0) is 48.7 Å². The van der Waals surface area contributed by atoms with Gasteiger partial charge in [0.2, 0.25) is 0 Å². The van der Waals surface area contributed by atoms with Gasteiger partial charge in [0.25, 0.3) is 0 Å². The highest BCUT2D eigenvalue weighted by atomic mass is 32.1. The standard InChI is InChI=1S/C14H15F2NOS/c1-17-12(14-13(18-2)5-6-19-14)8-9-7-10(15)3-4-11(9)16/h3-7,12,17H,8H2,1-2H3. The summed E-state index contributed by atoms with van der Waals surface area (Å²) in [5.74, 6) is -0.0530. The van der Waals surface area contributed by atoms with Gasteiger partial charge in [-0.15, -0.1) is 11.3 Å². The maximum atomic E-state index is 13.7. The fourth-order valence-corrected chi connectivity index (χ4v) is 2.95. The van der Waals surface area contributed by atoms with Gasteiger partial charge >= 0.3 is 0 Å². The van der Waals surface area contributed by atoms with Crippen molar-refractivity contribution in [2.45, 2.75) is 12.5 Å². The molecular formula is C14H15F2NOS. The maximum Gasteiger partial charge on any atom is 0.134 e. The first-order valence-electron chi connectivity index (χ1n) is 5.88. The molecule has 0 aliphatic heterocycles. The molecule has 19 heavy (non-hydrogen) atoms. The zero-order valence-corrected chi connectivity index (χ0v) is 11.6. The average Bonchev–Trinajstić information content (AvgIpc) is 2.88. The molecule has 0 aliphatic rings. The topological polar surface area (TPSA) is 21.3 Å². The molecule has 1 unspecified atom stereocenters. The van der Waals surface area contributed by atoms with E-state index in [9.17, 15) is 8.78 Å². The number of nitrogens with one attached hydrogen (secondary N) is 1. The molecule has 0 fully saturated rings. The third-order valence-corrected chi connectivity index (χ3v) is 3.99. The van der Waals surface area contributed by atoms with E-state index in [1.54, 1.807) is 14.2 Å². The second-order valence-electron chi connectivity index (χ2n) is 4.13. The highest BCUT2D eigenvalue weighted by molar-refractivity contribution is 7.10. The molecule has 0 saturated heterocycles. The Labute approximate surface area is 115 Å². The van der Waals surface area contributed by atoms with Crippen LogP contribution in [0.2, 0.25) is 0 Å². The van der Waals surface area contributed by atoms with Gasteiger partial charge in [-0.25, -0.2) is 8.78 Å². The molecule has 5 heteroatoms. The number of benzene rings is 1. The van der Waals surface area contributed by atoms with Crippen molar-refractivity contribution in [3.63, 3.8) is 0 Å². The van der Waals surface area contributed by atoms with E-state index in [-0.39, 0.29) is 6.04 Å². The maximum absolute atomic E-state index is 13.7. The normalized spacial score (nSPS) is 12.4. The second kappa shape index (κ2) is 6.12. The van der Waals surface area contributed by atoms with Gasteiger partial charge in [-0.1, -0.05) is 0 Å². The van der Waals surface area contributed by atoms with E-state index in [0.29, 0.717) is 12.0 Å². The predicted octanol–water partition coefficient (Wildman–Crippen LogP) is 3.54. The number of likely N-dealkylation sites (N-methyl/N-ethyl adjacent to an activating group) is 1. The molecule has 0 saturated carbocycles. The smallest absolute Gasteiger partial charge is 0.134 e. The molecule has 1 N–H and O–H groups in total. The Hall–Kier alpha value is -1.46. The fraction of sp³-hybridized carbons (Fsp3) is 0.286. The first-order chi connectivity index (χ1) is 9.15. The van der Waals surface area contributed by atoms with Gasteiger partial charge in [-0.2, -0.15) is 0 Å². The molecule has 0 radical (unpaired) electrons. The van der Waals surface area contributed by atoms with Crippen molar-refractivity contribution >= 4 is 11.3 Å².